The van der Waals surface area contributed by atoms with Crippen LogP contribution in [0.3, 0.4) is 0 Å². The van der Waals surface area contributed by atoms with E-state index in [1.165, 1.54) is 5.82 Å². The monoisotopic (exact) mass is 294 g/mol. The lowest BCUT2D eigenvalue weighted by Crippen LogP contribution is -2.64. The molecule has 1 atom stereocenters. The van der Waals surface area contributed by atoms with Crippen molar-refractivity contribution in [1.29, 1.82) is 0 Å². The highest BCUT2D eigenvalue weighted by molar-refractivity contribution is 5.21. The minimum atomic E-state index is -0.125. The molecule has 0 aromatic rings. The zero-order chi connectivity index (χ0) is 14.6. The minimum Gasteiger partial charge on any atom is -0.393 e. The molecule has 4 aliphatic rings. The third kappa shape index (κ3) is 2.25. The van der Waals surface area contributed by atoms with Gasteiger partial charge in [-0.15, -0.1) is 0 Å². The third-order valence-corrected chi connectivity index (χ3v) is 5.34. The van der Waals surface area contributed by atoms with Gasteiger partial charge in [0.15, 0.2) is 0 Å². The Bertz CT molecular complexity index is 443. The molecule has 0 radical (unpaired) electrons. The van der Waals surface area contributed by atoms with Gasteiger partial charge >= 0.3 is 0 Å². The second kappa shape index (κ2) is 4.95. The molecule has 0 unspecified atom stereocenters. The molecular weight excluding hydrogens is 268 g/mol. The Morgan fingerprint density at radius 3 is 2.24 bits per heavy atom. The van der Waals surface area contributed by atoms with Gasteiger partial charge in [-0.1, -0.05) is 0 Å². The quantitative estimate of drug-likeness (QED) is 0.543. The molecule has 2 aliphatic heterocycles. The lowest BCUT2D eigenvalue weighted by molar-refractivity contribution is -0.0381. The molecule has 2 aliphatic carbocycles. The Labute approximate surface area is 125 Å². The van der Waals surface area contributed by atoms with Crippen LogP contribution in [0.5, 0.6) is 0 Å². The molecule has 4 N–H and O–H groups in total. The first kappa shape index (κ1) is 13.5. The normalized spacial score (nSPS) is 42.5. The summed E-state index contributed by atoms with van der Waals surface area (Å²) in [6, 6.07) is 1.35. The standard InChI is InChI=1S/C15H26N4O2/c1-9-8-19(11-6-13(21)7-11)15-14(17-9)16-2-3-18(15)10-4-12(20)5-10/h9-13,16-17,20-21H,2-8H2,1H3/t9-,10-,11-,12-,13-/m1/s1. The van der Waals surface area contributed by atoms with E-state index in [2.05, 4.69) is 27.4 Å². The Balaban J connectivity index is 1.60. The first-order valence-corrected chi connectivity index (χ1v) is 8.26. The largest absolute Gasteiger partial charge is 0.393 e. The SMILES string of the molecule is C[C@@H]1CN([C@H]2C[C@H](O)C2)C2=C(NCCN2[C@H]2C[C@H](O)C2)N1. The zero-order valence-electron chi connectivity index (χ0n) is 12.6. The lowest BCUT2D eigenvalue weighted by Gasteiger charge is -2.55. The van der Waals surface area contributed by atoms with Crippen LogP contribution in [-0.4, -0.2) is 70.0 Å². The fourth-order valence-corrected chi connectivity index (χ4v) is 4.03. The summed E-state index contributed by atoms with van der Waals surface area (Å²) in [7, 11) is 0. The average Bonchev–Trinajstić information content (AvgIpc) is 2.39. The molecule has 2 fully saturated rings. The predicted octanol–water partition coefficient (Wildman–Crippen LogP) is -0.641. The van der Waals surface area contributed by atoms with Crippen LogP contribution in [0, 0.1) is 0 Å². The van der Waals surface area contributed by atoms with Crippen molar-refractivity contribution in [3.05, 3.63) is 11.6 Å². The van der Waals surface area contributed by atoms with Crippen LogP contribution >= 0.6 is 0 Å². The van der Waals surface area contributed by atoms with Gasteiger partial charge in [-0.05, 0) is 32.6 Å². The van der Waals surface area contributed by atoms with Crippen molar-refractivity contribution in [3.8, 4) is 0 Å². The number of hydrogen-bond donors (Lipinski definition) is 4. The Kier molecular flexibility index (Phi) is 3.19. The molecule has 0 amide bonds. The van der Waals surface area contributed by atoms with E-state index in [1.807, 2.05) is 0 Å². The van der Waals surface area contributed by atoms with Crippen molar-refractivity contribution in [2.45, 2.75) is 62.9 Å². The lowest BCUT2D eigenvalue weighted by atomic mass is 9.85. The van der Waals surface area contributed by atoms with Gasteiger partial charge < -0.3 is 30.6 Å². The van der Waals surface area contributed by atoms with E-state index in [0.717, 1.165) is 51.1 Å². The van der Waals surface area contributed by atoms with Gasteiger partial charge in [-0.2, -0.15) is 0 Å². The van der Waals surface area contributed by atoms with Gasteiger partial charge in [0.2, 0.25) is 0 Å². The van der Waals surface area contributed by atoms with E-state index in [0.29, 0.717) is 18.1 Å². The first-order valence-electron chi connectivity index (χ1n) is 8.26. The van der Waals surface area contributed by atoms with Crippen LogP contribution in [0.4, 0.5) is 0 Å². The van der Waals surface area contributed by atoms with Crippen LogP contribution in [-0.2, 0) is 0 Å². The summed E-state index contributed by atoms with van der Waals surface area (Å²) < 4.78 is 0. The van der Waals surface area contributed by atoms with Crippen molar-refractivity contribution < 1.29 is 10.2 Å². The zero-order valence-corrected chi connectivity index (χ0v) is 12.6. The Morgan fingerprint density at radius 1 is 1.00 bits per heavy atom. The molecular formula is C15H26N4O2. The molecule has 4 rings (SSSR count). The summed E-state index contributed by atoms with van der Waals surface area (Å²) >= 11 is 0. The highest BCUT2D eigenvalue weighted by Crippen LogP contribution is 2.37. The van der Waals surface area contributed by atoms with E-state index in [9.17, 15) is 10.2 Å². The minimum absolute atomic E-state index is 0.122. The molecule has 2 heterocycles. The topological polar surface area (TPSA) is 71.0 Å². The van der Waals surface area contributed by atoms with Gasteiger partial charge in [-0.25, -0.2) is 0 Å². The molecule has 0 saturated heterocycles. The maximum Gasteiger partial charge on any atom is 0.146 e. The summed E-state index contributed by atoms with van der Waals surface area (Å²) in [4.78, 5) is 4.96. The van der Waals surface area contributed by atoms with E-state index in [-0.39, 0.29) is 12.2 Å². The van der Waals surface area contributed by atoms with Crippen LogP contribution < -0.4 is 10.6 Å². The number of aliphatic hydroxyl groups is 2. The van der Waals surface area contributed by atoms with Crippen LogP contribution in [0.15, 0.2) is 11.6 Å². The van der Waals surface area contributed by atoms with Crippen molar-refractivity contribution in [3.63, 3.8) is 0 Å². The fourth-order valence-electron chi connectivity index (χ4n) is 4.03. The first-order chi connectivity index (χ1) is 10.1. The predicted molar refractivity (Wildman–Crippen MR) is 79.1 cm³/mol. The van der Waals surface area contributed by atoms with Crippen molar-refractivity contribution >= 4 is 0 Å². The van der Waals surface area contributed by atoms with Gasteiger partial charge in [0.25, 0.3) is 0 Å². The Hall–Kier alpha value is -1.14. The molecule has 21 heavy (non-hydrogen) atoms. The van der Waals surface area contributed by atoms with Crippen molar-refractivity contribution in [2.24, 2.45) is 0 Å². The van der Waals surface area contributed by atoms with Crippen molar-refractivity contribution in [1.82, 2.24) is 20.4 Å². The third-order valence-electron chi connectivity index (χ3n) is 5.34. The van der Waals surface area contributed by atoms with Crippen LogP contribution in [0.2, 0.25) is 0 Å². The van der Waals surface area contributed by atoms with Crippen molar-refractivity contribution in [2.75, 3.05) is 19.6 Å². The van der Waals surface area contributed by atoms with E-state index >= 15 is 0 Å². The Morgan fingerprint density at radius 2 is 1.62 bits per heavy atom. The summed E-state index contributed by atoms with van der Waals surface area (Å²) in [6.07, 6.45) is 3.28. The second-order valence-corrected chi connectivity index (χ2v) is 7.07. The molecule has 0 bridgehead atoms. The van der Waals surface area contributed by atoms with Crippen LogP contribution in [0.25, 0.3) is 0 Å². The number of nitrogens with one attached hydrogen (secondary N) is 2. The molecule has 2 saturated carbocycles. The van der Waals surface area contributed by atoms with Gasteiger partial charge in [0.1, 0.15) is 11.6 Å². The molecule has 6 nitrogen and oxygen atoms in total. The summed E-state index contributed by atoms with van der Waals surface area (Å²) in [5, 5.41) is 26.4. The summed E-state index contributed by atoms with van der Waals surface area (Å²) in [5.41, 5.74) is 0. The van der Waals surface area contributed by atoms with E-state index in [4.69, 9.17) is 0 Å². The number of rotatable bonds is 2. The number of aliphatic hydroxyl groups excluding tert-OH is 2. The van der Waals surface area contributed by atoms with E-state index in [1.54, 1.807) is 0 Å². The van der Waals surface area contributed by atoms with E-state index < -0.39 is 0 Å². The molecule has 0 aromatic heterocycles. The smallest absolute Gasteiger partial charge is 0.146 e. The number of hydrogen-bond acceptors (Lipinski definition) is 6. The van der Waals surface area contributed by atoms with Crippen LogP contribution in [0.1, 0.15) is 32.6 Å². The summed E-state index contributed by atoms with van der Waals surface area (Å²) in [6.45, 7) is 5.15. The van der Waals surface area contributed by atoms with Gasteiger partial charge in [0, 0.05) is 37.8 Å². The molecule has 6 heteroatoms. The highest BCUT2D eigenvalue weighted by atomic mass is 16.3. The maximum atomic E-state index is 9.66. The van der Waals surface area contributed by atoms with Gasteiger partial charge in [-0.3, -0.25) is 0 Å². The second-order valence-electron chi connectivity index (χ2n) is 7.07. The molecule has 118 valence electrons. The van der Waals surface area contributed by atoms with Gasteiger partial charge in [0.05, 0.1) is 12.2 Å². The molecule has 0 spiro atoms. The maximum absolute atomic E-state index is 9.66. The summed E-state index contributed by atoms with van der Waals surface area (Å²) in [5.74, 6) is 2.41. The average molecular weight is 294 g/mol. The highest BCUT2D eigenvalue weighted by Gasteiger charge is 2.43. The molecule has 0 aromatic carbocycles. The fraction of sp³-hybridized carbons (Fsp3) is 0.867. The number of nitrogens with zero attached hydrogens (tertiary/aromatic N) is 2.